The van der Waals surface area contributed by atoms with E-state index in [0.717, 1.165) is 12.8 Å². The molecule has 0 aliphatic heterocycles. The summed E-state index contributed by atoms with van der Waals surface area (Å²) in [6.45, 7) is 4.60. The van der Waals surface area contributed by atoms with E-state index < -0.39 is 11.0 Å². The number of hydrogen-bond acceptors (Lipinski definition) is 6. The molecular formula is C12H20N2O4S. The molecule has 6 nitrogen and oxygen atoms in total. The van der Waals surface area contributed by atoms with Crippen LogP contribution in [0.15, 0.2) is 6.07 Å². The first-order valence-electron chi connectivity index (χ1n) is 6.33. The summed E-state index contributed by atoms with van der Waals surface area (Å²) in [7, 11) is 0. The third-order valence-electron chi connectivity index (χ3n) is 2.76. The van der Waals surface area contributed by atoms with Crippen molar-refractivity contribution >= 4 is 22.0 Å². The summed E-state index contributed by atoms with van der Waals surface area (Å²) >= 11 is 1.22. The molecule has 0 aromatic carbocycles. The number of nitro groups is 1. The van der Waals surface area contributed by atoms with Gasteiger partial charge in [0.05, 0.1) is 17.6 Å². The average Bonchev–Trinajstić information content (AvgIpc) is 2.79. The van der Waals surface area contributed by atoms with E-state index in [1.807, 2.05) is 11.8 Å². The summed E-state index contributed by atoms with van der Waals surface area (Å²) < 4.78 is 0. The van der Waals surface area contributed by atoms with Gasteiger partial charge in [0.15, 0.2) is 5.00 Å². The minimum Gasteiger partial charge on any atom is -0.395 e. The van der Waals surface area contributed by atoms with Crippen molar-refractivity contribution < 1.29 is 15.1 Å². The normalized spacial score (nSPS) is 12.4. The van der Waals surface area contributed by atoms with Gasteiger partial charge < -0.3 is 15.1 Å². The summed E-state index contributed by atoms with van der Waals surface area (Å²) in [5.41, 5.74) is 0.00505. The minimum absolute atomic E-state index is 0.00505. The lowest BCUT2D eigenvalue weighted by Gasteiger charge is -2.21. The third kappa shape index (κ3) is 4.15. The van der Waals surface area contributed by atoms with Crippen LogP contribution in [-0.2, 0) is 0 Å². The van der Waals surface area contributed by atoms with Crippen LogP contribution in [-0.4, -0.2) is 34.8 Å². The van der Waals surface area contributed by atoms with Crippen molar-refractivity contribution in [1.29, 1.82) is 0 Å². The van der Waals surface area contributed by atoms with Crippen molar-refractivity contribution in [3.05, 3.63) is 21.1 Å². The SMILES string of the molecule is CCCCN(CCO)c1sc([C@@H](C)O)cc1[N+](=O)[O-]. The molecule has 0 saturated carbocycles. The van der Waals surface area contributed by atoms with Gasteiger partial charge in [-0.2, -0.15) is 0 Å². The van der Waals surface area contributed by atoms with Gasteiger partial charge in [0.2, 0.25) is 0 Å². The summed E-state index contributed by atoms with van der Waals surface area (Å²) in [5, 5.41) is 30.2. The average molecular weight is 288 g/mol. The molecule has 1 aromatic rings. The van der Waals surface area contributed by atoms with Gasteiger partial charge in [0.25, 0.3) is 0 Å². The second kappa shape index (κ2) is 7.42. The Morgan fingerprint density at radius 2 is 2.21 bits per heavy atom. The Bertz CT molecular complexity index is 420. The van der Waals surface area contributed by atoms with Gasteiger partial charge in [0, 0.05) is 24.0 Å². The highest BCUT2D eigenvalue weighted by molar-refractivity contribution is 7.16. The number of rotatable bonds is 8. The van der Waals surface area contributed by atoms with E-state index in [1.54, 1.807) is 6.92 Å². The van der Waals surface area contributed by atoms with E-state index in [9.17, 15) is 15.2 Å². The molecule has 0 fully saturated rings. The second-order valence-corrected chi connectivity index (χ2v) is 5.40. The molecule has 1 aromatic heterocycles. The number of aliphatic hydroxyl groups excluding tert-OH is 2. The summed E-state index contributed by atoms with van der Waals surface area (Å²) in [5.74, 6) is 0. The summed E-state index contributed by atoms with van der Waals surface area (Å²) in [6, 6.07) is 1.42. The van der Waals surface area contributed by atoms with Crippen LogP contribution >= 0.6 is 11.3 Å². The van der Waals surface area contributed by atoms with E-state index >= 15 is 0 Å². The molecule has 19 heavy (non-hydrogen) atoms. The number of nitrogens with zero attached hydrogens (tertiary/aromatic N) is 2. The Morgan fingerprint density at radius 3 is 2.68 bits per heavy atom. The highest BCUT2D eigenvalue weighted by Gasteiger charge is 2.24. The lowest BCUT2D eigenvalue weighted by molar-refractivity contribution is -0.383. The molecule has 108 valence electrons. The fourth-order valence-corrected chi connectivity index (χ4v) is 2.85. The van der Waals surface area contributed by atoms with Crippen molar-refractivity contribution in [2.45, 2.75) is 32.8 Å². The third-order valence-corrected chi connectivity index (χ3v) is 4.12. The number of anilines is 1. The van der Waals surface area contributed by atoms with Crippen LogP contribution in [0.2, 0.25) is 0 Å². The van der Waals surface area contributed by atoms with Crippen molar-refractivity contribution in [2.75, 3.05) is 24.6 Å². The molecule has 0 unspecified atom stereocenters. The molecule has 2 N–H and O–H groups in total. The van der Waals surface area contributed by atoms with Crippen LogP contribution < -0.4 is 4.90 Å². The number of aliphatic hydroxyl groups is 2. The number of hydrogen-bond donors (Lipinski definition) is 2. The first kappa shape index (κ1) is 15.9. The van der Waals surface area contributed by atoms with Crippen LogP contribution in [0.3, 0.4) is 0 Å². The Labute approximate surface area is 116 Å². The molecule has 0 amide bonds. The zero-order chi connectivity index (χ0) is 14.4. The van der Waals surface area contributed by atoms with Crippen molar-refractivity contribution in [2.24, 2.45) is 0 Å². The molecule has 0 aliphatic rings. The first-order chi connectivity index (χ1) is 9.01. The fourth-order valence-electron chi connectivity index (χ4n) is 1.74. The van der Waals surface area contributed by atoms with Crippen LogP contribution in [0.25, 0.3) is 0 Å². The van der Waals surface area contributed by atoms with Gasteiger partial charge in [-0.3, -0.25) is 10.1 Å². The summed E-state index contributed by atoms with van der Waals surface area (Å²) in [6.07, 6.45) is 1.16. The summed E-state index contributed by atoms with van der Waals surface area (Å²) in [4.78, 5) is 13.0. The van der Waals surface area contributed by atoms with E-state index in [1.165, 1.54) is 17.4 Å². The van der Waals surface area contributed by atoms with Gasteiger partial charge in [-0.1, -0.05) is 13.3 Å². The molecule has 0 bridgehead atoms. The molecular weight excluding hydrogens is 268 g/mol. The van der Waals surface area contributed by atoms with Crippen molar-refractivity contribution in [1.82, 2.24) is 0 Å². The predicted octanol–water partition coefficient (Wildman–Crippen LogP) is 2.31. The zero-order valence-corrected chi connectivity index (χ0v) is 12.0. The van der Waals surface area contributed by atoms with E-state index in [2.05, 4.69) is 0 Å². The maximum atomic E-state index is 11.1. The molecule has 0 spiro atoms. The van der Waals surface area contributed by atoms with Crippen LogP contribution in [0.1, 0.15) is 37.7 Å². The highest BCUT2D eigenvalue weighted by atomic mass is 32.1. The molecule has 1 atom stereocenters. The number of unbranched alkanes of at least 4 members (excludes halogenated alkanes) is 1. The smallest absolute Gasteiger partial charge is 0.304 e. The minimum atomic E-state index is -0.723. The lowest BCUT2D eigenvalue weighted by atomic mass is 10.3. The zero-order valence-electron chi connectivity index (χ0n) is 11.2. The standard InChI is InChI=1S/C12H20N2O4S/c1-3-4-5-13(6-7-15)12-10(14(17)18)8-11(19-12)9(2)16/h8-9,15-16H,3-7H2,1-2H3/t9-/m1/s1. The molecule has 1 heterocycles. The topological polar surface area (TPSA) is 86.8 Å². The van der Waals surface area contributed by atoms with Crippen molar-refractivity contribution in [3.8, 4) is 0 Å². The molecule has 0 aliphatic carbocycles. The van der Waals surface area contributed by atoms with E-state index in [0.29, 0.717) is 23.0 Å². The molecule has 0 radical (unpaired) electrons. The van der Waals surface area contributed by atoms with Crippen LogP contribution in [0, 0.1) is 10.1 Å². The van der Waals surface area contributed by atoms with Crippen LogP contribution in [0.4, 0.5) is 10.7 Å². The van der Waals surface area contributed by atoms with Gasteiger partial charge in [-0.05, 0) is 13.3 Å². The van der Waals surface area contributed by atoms with Crippen LogP contribution in [0.5, 0.6) is 0 Å². The van der Waals surface area contributed by atoms with E-state index in [4.69, 9.17) is 5.11 Å². The Kier molecular flexibility index (Phi) is 6.20. The first-order valence-corrected chi connectivity index (χ1v) is 7.14. The largest absolute Gasteiger partial charge is 0.395 e. The Hall–Kier alpha value is -1.18. The van der Waals surface area contributed by atoms with Gasteiger partial charge in [0.1, 0.15) is 0 Å². The second-order valence-electron chi connectivity index (χ2n) is 4.34. The highest BCUT2D eigenvalue weighted by Crippen LogP contribution is 2.40. The van der Waals surface area contributed by atoms with Gasteiger partial charge >= 0.3 is 5.69 Å². The molecule has 0 saturated heterocycles. The predicted molar refractivity (Wildman–Crippen MR) is 75.8 cm³/mol. The Balaban J connectivity index is 3.08. The lowest BCUT2D eigenvalue weighted by Crippen LogP contribution is -2.27. The quantitative estimate of drug-likeness (QED) is 0.566. The fraction of sp³-hybridized carbons (Fsp3) is 0.667. The maximum Gasteiger partial charge on any atom is 0.304 e. The van der Waals surface area contributed by atoms with E-state index in [-0.39, 0.29) is 12.3 Å². The molecule has 1 rings (SSSR count). The van der Waals surface area contributed by atoms with Gasteiger partial charge in [-0.25, -0.2) is 0 Å². The van der Waals surface area contributed by atoms with Crippen molar-refractivity contribution in [3.63, 3.8) is 0 Å². The maximum absolute atomic E-state index is 11.1. The monoisotopic (exact) mass is 288 g/mol. The number of thiophene rings is 1. The Morgan fingerprint density at radius 1 is 1.53 bits per heavy atom. The molecule has 7 heteroatoms. The van der Waals surface area contributed by atoms with Gasteiger partial charge in [-0.15, -0.1) is 11.3 Å².